The lowest BCUT2D eigenvalue weighted by molar-refractivity contribution is -0.144. The molecule has 1 aromatic heterocycles. The average molecular weight is 846 g/mol. The van der Waals surface area contributed by atoms with Crippen molar-refractivity contribution in [2.24, 2.45) is 17.3 Å². The summed E-state index contributed by atoms with van der Waals surface area (Å²) in [5.41, 5.74) is -1.81. The Kier molecular flexibility index (Phi) is 12.3. The van der Waals surface area contributed by atoms with Crippen molar-refractivity contribution in [2.45, 2.75) is 140 Å². The fraction of sp³-hybridized carbons (Fsp3) is 0.675. The molecule has 59 heavy (non-hydrogen) atoms. The maximum Gasteiger partial charge on any atom is 0.408 e. The number of hydrogen-bond acceptors (Lipinski definition) is 12. The first kappa shape index (κ1) is 43.7. The van der Waals surface area contributed by atoms with Crippen LogP contribution in [0.25, 0.3) is 11.0 Å². The molecule has 3 heterocycles. The minimum absolute atomic E-state index is 0.102. The molecular formula is C40H53F2N7O9S. The van der Waals surface area contributed by atoms with Gasteiger partial charge in [0.1, 0.15) is 41.3 Å². The van der Waals surface area contributed by atoms with Crippen LogP contribution in [0.3, 0.4) is 0 Å². The number of alkyl halides is 2. The minimum Gasteiger partial charge on any atom is -0.497 e. The van der Waals surface area contributed by atoms with Gasteiger partial charge in [-0.3, -0.25) is 19.1 Å². The van der Waals surface area contributed by atoms with E-state index >= 15 is 0 Å². The minimum atomic E-state index is -4.29. The van der Waals surface area contributed by atoms with Crippen LogP contribution < -0.4 is 24.8 Å². The van der Waals surface area contributed by atoms with Crippen molar-refractivity contribution in [1.29, 1.82) is 5.26 Å². The molecule has 16 nitrogen and oxygen atoms in total. The van der Waals surface area contributed by atoms with Gasteiger partial charge in [0, 0.05) is 18.4 Å². The fourth-order valence-corrected chi connectivity index (χ4v) is 9.22. The van der Waals surface area contributed by atoms with Crippen LogP contribution in [0.15, 0.2) is 18.2 Å². The van der Waals surface area contributed by atoms with E-state index in [1.54, 1.807) is 45.9 Å². The molecule has 1 aromatic carbocycles. The third kappa shape index (κ3) is 9.17. The molecule has 6 rings (SSSR count). The van der Waals surface area contributed by atoms with E-state index in [9.17, 15) is 41.6 Å². The van der Waals surface area contributed by atoms with E-state index in [1.807, 2.05) is 4.72 Å². The van der Waals surface area contributed by atoms with E-state index in [0.29, 0.717) is 41.7 Å². The van der Waals surface area contributed by atoms with Crippen molar-refractivity contribution in [3.8, 4) is 17.7 Å². The van der Waals surface area contributed by atoms with Crippen LogP contribution in [0.2, 0.25) is 0 Å². The molecule has 7 atom stereocenters. The van der Waals surface area contributed by atoms with Gasteiger partial charge in [0.2, 0.25) is 34.1 Å². The normalized spacial score (nSPS) is 28.8. The lowest BCUT2D eigenvalue weighted by Crippen LogP contribution is -2.61. The van der Waals surface area contributed by atoms with Gasteiger partial charge in [-0.15, -0.1) is 0 Å². The van der Waals surface area contributed by atoms with Gasteiger partial charge in [-0.1, -0.05) is 33.6 Å². The zero-order chi connectivity index (χ0) is 43.1. The number of hydrogen-bond donors (Lipinski definition) is 3. The maximum atomic E-state index is 14.8. The lowest BCUT2D eigenvalue weighted by Gasteiger charge is -2.36. The number of nitriles is 1. The summed E-state index contributed by atoms with van der Waals surface area (Å²) >= 11 is 0. The van der Waals surface area contributed by atoms with Gasteiger partial charge in [-0.2, -0.15) is 5.26 Å². The third-order valence-corrected chi connectivity index (χ3v) is 14.2. The number of alkyl carbamates (subject to hydrolysis) is 1. The predicted octanol–water partition coefficient (Wildman–Crippen LogP) is 4.30. The second kappa shape index (κ2) is 16.7. The van der Waals surface area contributed by atoms with Crippen LogP contribution in [-0.2, 0) is 35.6 Å². The van der Waals surface area contributed by atoms with Gasteiger partial charge >= 0.3 is 6.09 Å². The molecular weight excluding hydrogens is 793 g/mol. The number of aryl methyl sites for hydroxylation is 1. The molecule has 0 radical (unpaired) electrons. The van der Waals surface area contributed by atoms with E-state index in [0.717, 1.165) is 24.2 Å². The van der Waals surface area contributed by atoms with Crippen molar-refractivity contribution >= 4 is 44.9 Å². The van der Waals surface area contributed by atoms with Gasteiger partial charge in [0.25, 0.3) is 5.91 Å². The van der Waals surface area contributed by atoms with Crippen molar-refractivity contribution in [1.82, 2.24) is 30.2 Å². The summed E-state index contributed by atoms with van der Waals surface area (Å²) in [6.45, 7) is 7.93. The predicted molar refractivity (Wildman–Crippen MR) is 209 cm³/mol. The molecule has 4 aliphatic rings. The summed E-state index contributed by atoms with van der Waals surface area (Å²) < 4.78 is 73.2. The Hall–Kier alpha value is -4.86. The molecule has 2 saturated carbocycles. The Morgan fingerprint density at radius 3 is 2.46 bits per heavy atom. The first-order valence-electron chi connectivity index (χ1n) is 20.1. The summed E-state index contributed by atoms with van der Waals surface area (Å²) in [5, 5.41) is 15.2. The molecule has 2 aliphatic heterocycles. The standard InChI is InChI=1S/C40H53F2N7O9S/c1-22-11-9-7-8-10-12-27-34(45-28-19-23(56-6)13-14-26(28)44-27)58-29-21-49(35(51)31(38(2,3)4)46-37(53)57-22)30(24(29)15-18-43)33(50)47-40(20-25(40)32(41)42)36(52)48-59(54,55)39(5)16-17-39/h13-14,19,22,24-25,29-32H,7-12,15-17,20-21H2,1-6H3,(H,46,53)(H,47,50)(H,48,52)/t22-,24-,25+,29+,30+,31-,40-/m1/s1. The SMILES string of the molecule is COc1ccc2nc3c(nc2c1)O[C@H]1CN(C(=O)[C@H](C(C)(C)C)NC(=O)O[C@H](C)CCCCCC3)[C@H](C(=O)N[C@]2(C(=O)NS(=O)(=O)C3(C)CC3)C[C@H]2C(F)F)[C@@H]1CC#N. The van der Waals surface area contributed by atoms with Gasteiger partial charge in [-0.05, 0) is 76.3 Å². The highest BCUT2D eigenvalue weighted by Crippen LogP contribution is 2.50. The third-order valence-electron chi connectivity index (χ3n) is 12.0. The van der Waals surface area contributed by atoms with E-state index in [1.165, 1.54) is 14.0 Å². The number of cyclic esters (lactones) is 1. The summed E-state index contributed by atoms with van der Waals surface area (Å²) in [4.78, 5) is 67.3. The monoisotopic (exact) mass is 845 g/mol. The van der Waals surface area contributed by atoms with E-state index < -0.39 is 98.5 Å². The number of benzene rings is 1. The summed E-state index contributed by atoms with van der Waals surface area (Å²) in [5.74, 6) is -5.43. The van der Waals surface area contributed by atoms with E-state index in [2.05, 4.69) is 16.7 Å². The Morgan fingerprint density at radius 2 is 1.83 bits per heavy atom. The first-order valence-corrected chi connectivity index (χ1v) is 21.5. The zero-order valence-corrected chi connectivity index (χ0v) is 35.0. The number of rotatable bonds is 8. The quantitative estimate of drug-likeness (QED) is 0.339. The van der Waals surface area contributed by atoms with Crippen LogP contribution in [0, 0.1) is 28.6 Å². The number of sulfonamides is 1. The average Bonchev–Trinajstić information content (AvgIpc) is 4.07. The largest absolute Gasteiger partial charge is 0.497 e. The molecule has 19 heteroatoms. The van der Waals surface area contributed by atoms with Crippen molar-refractivity contribution in [3.63, 3.8) is 0 Å². The number of nitrogens with zero attached hydrogens (tertiary/aromatic N) is 4. The maximum absolute atomic E-state index is 14.8. The highest BCUT2D eigenvalue weighted by atomic mass is 32.2. The van der Waals surface area contributed by atoms with Gasteiger partial charge in [0.05, 0.1) is 41.4 Å². The first-order chi connectivity index (χ1) is 27.7. The second-order valence-electron chi connectivity index (χ2n) is 17.6. The topological polar surface area (TPSA) is 219 Å². The molecule has 2 aromatic rings. The van der Waals surface area contributed by atoms with Gasteiger partial charge in [0.15, 0.2) is 0 Å². The van der Waals surface area contributed by atoms with Crippen LogP contribution in [0.4, 0.5) is 13.6 Å². The van der Waals surface area contributed by atoms with Crippen molar-refractivity contribution in [2.75, 3.05) is 13.7 Å². The van der Waals surface area contributed by atoms with E-state index in [4.69, 9.17) is 24.2 Å². The summed E-state index contributed by atoms with van der Waals surface area (Å²) in [6.07, 6.45) is -1.89. The molecule has 3 fully saturated rings. The number of amides is 4. The highest BCUT2D eigenvalue weighted by molar-refractivity contribution is 7.91. The molecule has 4 amide bonds. The van der Waals surface area contributed by atoms with Crippen LogP contribution >= 0.6 is 0 Å². The highest BCUT2D eigenvalue weighted by Gasteiger charge is 2.68. The number of nitrogens with one attached hydrogen (secondary N) is 3. The van der Waals surface area contributed by atoms with Crippen molar-refractivity contribution in [3.05, 3.63) is 23.9 Å². The summed E-state index contributed by atoms with van der Waals surface area (Å²) in [6, 6.07) is 4.32. The Labute approximate surface area is 342 Å². The van der Waals surface area contributed by atoms with Gasteiger partial charge in [-0.25, -0.2) is 32.0 Å². The molecule has 0 unspecified atom stereocenters. The number of halogens is 2. The molecule has 3 N–H and O–H groups in total. The summed E-state index contributed by atoms with van der Waals surface area (Å²) in [7, 11) is -2.79. The fourth-order valence-electron chi connectivity index (χ4n) is 7.91. The Bertz CT molecular complexity index is 2120. The van der Waals surface area contributed by atoms with Gasteiger partial charge < -0.3 is 29.7 Å². The zero-order valence-electron chi connectivity index (χ0n) is 34.2. The lowest BCUT2D eigenvalue weighted by atomic mass is 9.85. The van der Waals surface area contributed by atoms with Crippen molar-refractivity contribution < 1.29 is 50.6 Å². The van der Waals surface area contributed by atoms with Crippen LogP contribution in [-0.4, -0.2) is 102 Å². The number of ether oxygens (including phenoxy) is 3. The molecule has 1 saturated heterocycles. The molecule has 0 spiro atoms. The number of methoxy groups -OCH3 is 1. The number of fused-ring (bicyclic) bond motifs is 4. The Balaban J connectivity index is 1.43. The molecule has 322 valence electrons. The molecule has 2 aliphatic carbocycles. The Morgan fingerprint density at radius 1 is 1.12 bits per heavy atom. The number of carbonyl (C=O) groups excluding carboxylic acids is 4. The van der Waals surface area contributed by atoms with Crippen LogP contribution in [0.5, 0.6) is 11.6 Å². The smallest absolute Gasteiger partial charge is 0.408 e. The number of aromatic nitrogens is 2. The second-order valence-corrected chi connectivity index (χ2v) is 19.7. The van der Waals surface area contributed by atoms with E-state index in [-0.39, 0.29) is 31.7 Å². The molecule has 2 bridgehead atoms. The number of carbonyl (C=O) groups is 4. The van der Waals surface area contributed by atoms with Crippen LogP contribution in [0.1, 0.15) is 98.1 Å².